The summed E-state index contributed by atoms with van der Waals surface area (Å²) >= 11 is 3.46. The summed E-state index contributed by atoms with van der Waals surface area (Å²) in [6, 6.07) is 0. The van der Waals surface area contributed by atoms with E-state index in [0.29, 0.717) is 54.9 Å². The number of rotatable bonds is 9. The van der Waals surface area contributed by atoms with Crippen LogP contribution < -0.4 is 22.5 Å². The van der Waals surface area contributed by atoms with E-state index in [4.69, 9.17) is 27.4 Å². The molecule has 0 amide bonds. The smallest absolute Gasteiger partial charge is 0.350 e. The first-order chi connectivity index (χ1) is 20.2. The van der Waals surface area contributed by atoms with Crippen molar-refractivity contribution in [3.63, 3.8) is 0 Å². The van der Waals surface area contributed by atoms with Crippen LogP contribution in [-0.2, 0) is 19.0 Å². The van der Waals surface area contributed by atoms with Crippen molar-refractivity contribution < 1.29 is 38.8 Å². The molecule has 0 aliphatic heterocycles. The number of carbonyl (C=O) groups is 3. The maximum absolute atomic E-state index is 11.6. The van der Waals surface area contributed by atoms with Crippen molar-refractivity contribution in [3.8, 4) is 0 Å². The molecular formula is C23H30N8O8S3. The van der Waals surface area contributed by atoms with Crippen LogP contribution in [0.4, 0.5) is 17.2 Å². The molecule has 42 heavy (non-hydrogen) atoms. The summed E-state index contributed by atoms with van der Waals surface area (Å²) in [6.07, 6.45) is 2.73. The van der Waals surface area contributed by atoms with Crippen molar-refractivity contribution in [2.75, 3.05) is 70.2 Å². The zero-order valence-electron chi connectivity index (χ0n) is 22.8. The minimum absolute atomic E-state index is 0.0284. The van der Waals surface area contributed by atoms with Crippen LogP contribution in [0, 0.1) is 0 Å². The van der Waals surface area contributed by atoms with Crippen LogP contribution in [0.2, 0.25) is 0 Å². The number of aliphatic hydroxyl groups excluding tert-OH is 2. The fourth-order valence-electron chi connectivity index (χ4n) is 2.97. The van der Waals surface area contributed by atoms with E-state index in [2.05, 4.69) is 39.5 Å². The normalized spacial score (nSPS) is 10.2. The second kappa shape index (κ2) is 17.2. The van der Waals surface area contributed by atoms with Crippen molar-refractivity contribution in [2.24, 2.45) is 5.73 Å². The third-order valence-electron chi connectivity index (χ3n) is 4.84. The Bertz CT molecular complexity index is 1510. The molecule has 0 radical (unpaired) electrons. The van der Waals surface area contributed by atoms with Crippen LogP contribution in [0.1, 0.15) is 19.3 Å². The molecule has 228 valence electrons. The Hall–Kier alpha value is -3.88. The van der Waals surface area contributed by atoms with Gasteiger partial charge >= 0.3 is 17.9 Å². The standard InChI is InChI=1S/C11H11N3O4S2.C10H12N4O3S.C2H7NO/c1-17-5(15)3-19-9-6-7(12)8(11(16)18-2)20-10(6)14-4-13-9;1-17-10(16)7-6(11)5-8(12-2-3-15)13-4-14-9(5)18-7;3-1-2-4/h4H,3,12H2,1-2H3;4,15H,2-3,11H2,1H3,(H,12,13,14);4H,1-3H2. The summed E-state index contributed by atoms with van der Waals surface area (Å²) < 4.78 is 13.9. The number of ether oxygens (including phenoxy) is 3. The van der Waals surface area contributed by atoms with Gasteiger partial charge in [0.15, 0.2) is 0 Å². The molecule has 0 unspecified atom stereocenters. The van der Waals surface area contributed by atoms with Gasteiger partial charge in [-0.2, -0.15) is 0 Å². The predicted octanol–water partition coefficient (Wildman–Crippen LogP) is 0.727. The number of anilines is 3. The van der Waals surface area contributed by atoms with E-state index in [1.807, 2.05) is 0 Å². The van der Waals surface area contributed by atoms with Crippen molar-refractivity contribution in [2.45, 2.75) is 5.03 Å². The Kier molecular flexibility index (Phi) is 14.0. The molecule has 0 aliphatic carbocycles. The maximum atomic E-state index is 11.6. The monoisotopic (exact) mass is 642 g/mol. The van der Waals surface area contributed by atoms with E-state index < -0.39 is 11.9 Å². The summed E-state index contributed by atoms with van der Waals surface area (Å²) in [5.41, 5.74) is 17.2. The van der Waals surface area contributed by atoms with Gasteiger partial charge in [-0.1, -0.05) is 11.8 Å². The number of hydrogen-bond acceptors (Lipinski definition) is 19. The topological polar surface area (TPSA) is 261 Å². The van der Waals surface area contributed by atoms with E-state index in [1.165, 1.54) is 45.7 Å². The van der Waals surface area contributed by atoms with Crippen molar-refractivity contribution in [1.82, 2.24) is 19.9 Å². The molecule has 0 atom stereocenters. The van der Waals surface area contributed by atoms with E-state index in [-0.39, 0.29) is 35.5 Å². The Labute approximate surface area is 251 Å². The average Bonchev–Trinajstić information content (AvgIpc) is 3.55. The lowest BCUT2D eigenvalue weighted by Gasteiger charge is -2.04. The first kappa shape index (κ1) is 34.3. The Morgan fingerprint density at radius 2 is 1.38 bits per heavy atom. The highest BCUT2D eigenvalue weighted by Crippen LogP contribution is 2.38. The number of methoxy groups -OCH3 is 3. The summed E-state index contributed by atoms with van der Waals surface area (Å²) in [5, 5.41) is 21.1. The minimum Gasteiger partial charge on any atom is -0.468 e. The molecule has 9 N–H and O–H groups in total. The molecule has 16 nitrogen and oxygen atoms in total. The number of nitrogens with zero attached hydrogens (tertiary/aromatic N) is 4. The van der Waals surface area contributed by atoms with Gasteiger partial charge in [0.25, 0.3) is 0 Å². The lowest BCUT2D eigenvalue weighted by atomic mass is 10.3. The van der Waals surface area contributed by atoms with Gasteiger partial charge in [0, 0.05) is 13.1 Å². The molecule has 0 saturated carbocycles. The lowest BCUT2D eigenvalue weighted by molar-refractivity contribution is -0.137. The van der Waals surface area contributed by atoms with Crippen LogP contribution in [-0.4, -0.2) is 101 Å². The predicted molar refractivity (Wildman–Crippen MR) is 161 cm³/mol. The largest absolute Gasteiger partial charge is 0.468 e. The van der Waals surface area contributed by atoms with Crippen LogP contribution >= 0.6 is 34.4 Å². The molecular weight excluding hydrogens is 613 g/mol. The van der Waals surface area contributed by atoms with Crippen LogP contribution in [0.25, 0.3) is 20.4 Å². The number of nitrogens with two attached hydrogens (primary N) is 3. The fraction of sp³-hybridized carbons (Fsp3) is 0.348. The number of hydrogen-bond donors (Lipinski definition) is 6. The summed E-state index contributed by atoms with van der Waals surface area (Å²) in [6.45, 7) is 0.786. The van der Waals surface area contributed by atoms with Gasteiger partial charge < -0.3 is 46.9 Å². The quantitative estimate of drug-likeness (QED) is 0.0636. The molecule has 19 heteroatoms. The SMILES string of the molecule is COC(=O)CSc1ncnc2sc(C(=O)OC)c(N)c12.COC(=O)c1sc2ncnc(NCCO)c2c1N.NCCO. The maximum Gasteiger partial charge on any atom is 0.350 e. The Morgan fingerprint density at radius 1 is 0.857 bits per heavy atom. The number of carbonyl (C=O) groups excluding carboxylic acids is 3. The third-order valence-corrected chi connectivity index (χ3v) is 8.00. The van der Waals surface area contributed by atoms with Gasteiger partial charge in [0.05, 0.1) is 62.4 Å². The highest BCUT2D eigenvalue weighted by molar-refractivity contribution is 8.00. The molecule has 0 aromatic carbocycles. The highest BCUT2D eigenvalue weighted by Gasteiger charge is 2.22. The Morgan fingerprint density at radius 3 is 1.88 bits per heavy atom. The lowest BCUT2D eigenvalue weighted by Crippen LogP contribution is -2.08. The number of esters is 3. The number of aromatic nitrogens is 4. The molecule has 4 aromatic heterocycles. The van der Waals surface area contributed by atoms with Crippen LogP contribution in [0.15, 0.2) is 17.7 Å². The Balaban J connectivity index is 0.000000262. The zero-order valence-corrected chi connectivity index (χ0v) is 25.2. The molecule has 0 fully saturated rings. The van der Waals surface area contributed by atoms with Gasteiger partial charge in [0.1, 0.15) is 42.9 Å². The minimum atomic E-state index is -0.519. The molecule has 0 bridgehead atoms. The molecule has 4 heterocycles. The van der Waals surface area contributed by atoms with Gasteiger partial charge in [-0.05, 0) is 0 Å². The summed E-state index contributed by atoms with van der Waals surface area (Å²) in [4.78, 5) is 52.4. The number of thioether (sulfide) groups is 1. The van der Waals surface area contributed by atoms with Crippen molar-refractivity contribution in [3.05, 3.63) is 22.4 Å². The molecule has 4 aromatic rings. The first-order valence-corrected chi connectivity index (χ1v) is 14.4. The number of nitrogens with one attached hydrogen (secondary N) is 1. The van der Waals surface area contributed by atoms with Gasteiger partial charge in [-0.15, -0.1) is 22.7 Å². The zero-order chi connectivity index (χ0) is 31.2. The van der Waals surface area contributed by atoms with Crippen LogP contribution in [0.3, 0.4) is 0 Å². The first-order valence-electron chi connectivity index (χ1n) is 11.8. The highest BCUT2D eigenvalue weighted by atomic mass is 32.2. The summed E-state index contributed by atoms with van der Waals surface area (Å²) in [7, 11) is 3.89. The molecule has 0 aliphatic rings. The molecule has 0 spiro atoms. The van der Waals surface area contributed by atoms with Crippen LogP contribution in [0.5, 0.6) is 0 Å². The number of thiophene rings is 2. The van der Waals surface area contributed by atoms with Gasteiger partial charge in [0.2, 0.25) is 0 Å². The number of nitrogen functional groups attached to an aromatic ring is 2. The third kappa shape index (κ3) is 8.57. The summed E-state index contributed by atoms with van der Waals surface area (Å²) in [5.74, 6) is -0.786. The van der Waals surface area contributed by atoms with E-state index >= 15 is 0 Å². The van der Waals surface area contributed by atoms with Gasteiger partial charge in [-0.3, -0.25) is 4.79 Å². The van der Waals surface area contributed by atoms with Gasteiger partial charge in [-0.25, -0.2) is 29.5 Å². The van der Waals surface area contributed by atoms with E-state index in [1.54, 1.807) is 0 Å². The number of fused-ring (bicyclic) bond motifs is 2. The second-order valence-electron chi connectivity index (χ2n) is 7.46. The van der Waals surface area contributed by atoms with Crippen molar-refractivity contribution in [1.29, 1.82) is 0 Å². The molecule has 0 saturated heterocycles. The average molecular weight is 643 g/mol. The van der Waals surface area contributed by atoms with Crippen molar-refractivity contribution >= 4 is 90.0 Å². The number of aliphatic hydroxyl groups is 2. The fourth-order valence-corrected chi connectivity index (χ4v) is 5.85. The molecule has 4 rings (SSSR count). The van der Waals surface area contributed by atoms with E-state index in [0.717, 1.165) is 22.7 Å². The second-order valence-corrected chi connectivity index (χ2v) is 10.4. The van der Waals surface area contributed by atoms with E-state index in [9.17, 15) is 14.4 Å².